The van der Waals surface area contributed by atoms with Gasteiger partial charge in [0.05, 0.1) is 17.9 Å². The molecule has 0 unspecified atom stereocenters. The van der Waals surface area contributed by atoms with E-state index in [4.69, 9.17) is 10.5 Å². The van der Waals surface area contributed by atoms with Crippen LogP contribution in [0.4, 0.5) is 0 Å². The maximum atomic E-state index is 11.0. The molecule has 0 saturated heterocycles. The Morgan fingerprint density at radius 3 is 2.44 bits per heavy atom. The molecule has 7 heteroatoms. The second-order valence-electron chi connectivity index (χ2n) is 3.19. The van der Waals surface area contributed by atoms with Gasteiger partial charge >= 0.3 is 0 Å². The first-order valence-corrected chi connectivity index (χ1v) is 4.68. The van der Waals surface area contributed by atoms with E-state index in [9.17, 15) is 4.79 Å². The molecule has 1 rings (SSSR count). The van der Waals surface area contributed by atoms with Gasteiger partial charge in [0.15, 0.2) is 0 Å². The standard InChI is InChI=1S/C8H15N5O.CH2O/c1-5-6(2)13(12-11-5)4-7(10-3)8(9)14;1-2/h7,10H,4H2,1-3H3,(H2,9,14);1H2/t7-;/m0./s1. The summed E-state index contributed by atoms with van der Waals surface area (Å²) < 4.78 is 1.67. The smallest absolute Gasteiger partial charge is 0.236 e. The average molecular weight is 227 g/mol. The van der Waals surface area contributed by atoms with Gasteiger partial charge in [0.1, 0.15) is 12.8 Å². The molecule has 0 aliphatic carbocycles. The summed E-state index contributed by atoms with van der Waals surface area (Å²) >= 11 is 0. The molecule has 0 spiro atoms. The number of rotatable bonds is 4. The van der Waals surface area contributed by atoms with Gasteiger partial charge in [-0.2, -0.15) is 0 Å². The number of likely N-dealkylation sites (N-methyl/N-ethyl adjacent to an activating group) is 1. The molecule has 7 nitrogen and oxygen atoms in total. The third-order valence-electron chi connectivity index (χ3n) is 2.26. The van der Waals surface area contributed by atoms with E-state index < -0.39 is 6.04 Å². The summed E-state index contributed by atoms with van der Waals surface area (Å²) in [5.41, 5.74) is 7.00. The number of aromatic nitrogens is 3. The lowest BCUT2D eigenvalue weighted by atomic mass is 10.2. The Bertz CT molecular complexity index is 350. The SMILES string of the molecule is C=O.CN[C@@H](Cn1nnc(C)c1C)C(N)=O. The number of primary amides is 1. The van der Waals surface area contributed by atoms with Crippen LogP contribution in [-0.4, -0.2) is 40.8 Å². The highest BCUT2D eigenvalue weighted by Gasteiger charge is 2.15. The summed E-state index contributed by atoms with van der Waals surface area (Å²) in [5.74, 6) is -0.389. The van der Waals surface area contributed by atoms with Gasteiger partial charge in [-0.05, 0) is 20.9 Å². The van der Waals surface area contributed by atoms with E-state index in [0.29, 0.717) is 6.54 Å². The van der Waals surface area contributed by atoms with Gasteiger partial charge in [-0.15, -0.1) is 5.10 Å². The lowest BCUT2D eigenvalue weighted by molar-refractivity contribution is -0.120. The second-order valence-corrected chi connectivity index (χ2v) is 3.19. The zero-order valence-electron chi connectivity index (χ0n) is 9.73. The molecule has 0 aliphatic heterocycles. The van der Waals surface area contributed by atoms with E-state index in [0.717, 1.165) is 11.4 Å². The predicted molar refractivity (Wildman–Crippen MR) is 58.7 cm³/mol. The van der Waals surface area contributed by atoms with E-state index >= 15 is 0 Å². The number of hydrogen-bond acceptors (Lipinski definition) is 5. The minimum absolute atomic E-state index is 0.389. The van der Waals surface area contributed by atoms with E-state index in [1.807, 2.05) is 20.6 Å². The molecule has 1 atom stereocenters. The first-order valence-electron chi connectivity index (χ1n) is 4.68. The molecule has 0 aromatic carbocycles. The van der Waals surface area contributed by atoms with Crippen molar-refractivity contribution in [2.24, 2.45) is 5.73 Å². The van der Waals surface area contributed by atoms with E-state index in [1.54, 1.807) is 11.7 Å². The Morgan fingerprint density at radius 1 is 1.56 bits per heavy atom. The normalized spacial score (nSPS) is 11.4. The lowest BCUT2D eigenvalue weighted by Crippen LogP contribution is -2.42. The van der Waals surface area contributed by atoms with Crippen molar-refractivity contribution in [2.45, 2.75) is 26.4 Å². The maximum absolute atomic E-state index is 11.0. The minimum Gasteiger partial charge on any atom is -0.368 e. The van der Waals surface area contributed by atoms with Crippen LogP contribution in [0.2, 0.25) is 0 Å². The summed E-state index contributed by atoms with van der Waals surface area (Å²) in [4.78, 5) is 19.0. The van der Waals surface area contributed by atoms with Gasteiger partial charge in [-0.1, -0.05) is 5.21 Å². The monoisotopic (exact) mass is 227 g/mol. The van der Waals surface area contributed by atoms with Gasteiger partial charge < -0.3 is 15.8 Å². The van der Waals surface area contributed by atoms with Crippen LogP contribution >= 0.6 is 0 Å². The number of aryl methyl sites for hydroxylation is 1. The van der Waals surface area contributed by atoms with Crippen LogP contribution in [0.1, 0.15) is 11.4 Å². The van der Waals surface area contributed by atoms with Crippen LogP contribution in [0.15, 0.2) is 0 Å². The molecule has 1 heterocycles. The highest BCUT2D eigenvalue weighted by molar-refractivity contribution is 5.79. The number of nitrogens with two attached hydrogens (primary N) is 1. The molecule has 0 aliphatic rings. The van der Waals surface area contributed by atoms with Crippen LogP contribution in [0, 0.1) is 13.8 Å². The molecule has 0 fully saturated rings. The van der Waals surface area contributed by atoms with Crippen molar-refractivity contribution in [3.05, 3.63) is 11.4 Å². The van der Waals surface area contributed by atoms with Gasteiger partial charge in [-0.25, -0.2) is 4.68 Å². The van der Waals surface area contributed by atoms with Crippen LogP contribution in [0.5, 0.6) is 0 Å². The first-order chi connectivity index (χ1) is 7.56. The Kier molecular flexibility index (Phi) is 5.94. The molecule has 0 bridgehead atoms. The maximum Gasteiger partial charge on any atom is 0.236 e. The zero-order valence-corrected chi connectivity index (χ0v) is 9.73. The highest BCUT2D eigenvalue weighted by Crippen LogP contribution is 2.01. The molecular formula is C9H17N5O2. The van der Waals surface area contributed by atoms with Crippen LogP contribution < -0.4 is 11.1 Å². The molecular weight excluding hydrogens is 210 g/mol. The molecule has 0 saturated carbocycles. The van der Waals surface area contributed by atoms with Crippen molar-refractivity contribution in [1.82, 2.24) is 20.3 Å². The first kappa shape index (κ1) is 14.2. The Balaban J connectivity index is 0.00000106. The number of amides is 1. The van der Waals surface area contributed by atoms with Gasteiger partial charge in [0.25, 0.3) is 0 Å². The third kappa shape index (κ3) is 3.43. The third-order valence-corrected chi connectivity index (χ3v) is 2.26. The van der Waals surface area contributed by atoms with Crippen molar-refractivity contribution < 1.29 is 9.59 Å². The zero-order chi connectivity index (χ0) is 12.7. The quantitative estimate of drug-likeness (QED) is 0.671. The highest BCUT2D eigenvalue weighted by atomic mass is 16.1. The van der Waals surface area contributed by atoms with Crippen molar-refractivity contribution in [1.29, 1.82) is 0 Å². The minimum atomic E-state index is -0.408. The average Bonchev–Trinajstić information content (AvgIpc) is 2.59. The van der Waals surface area contributed by atoms with Gasteiger partial charge in [-0.3, -0.25) is 4.79 Å². The van der Waals surface area contributed by atoms with Crippen molar-refractivity contribution in [3.63, 3.8) is 0 Å². The fourth-order valence-electron chi connectivity index (χ4n) is 1.12. The van der Waals surface area contributed by atoms with Crippen molar-refractivity contribution >= 4 is 12.7 Å². The number of nitrogens with zero attached hydrogens (tertiary/aromatic N) is 3. The van der Waals surface area contributed by atoms with Crippen LogP contribution in [0.25, 0.3) is 0 Å². The van der Waals surface area contributed by atoms with Crippen molar-refractivity contribution in [2.75, 3.05) is 7.05 Å². The molecule has 16 heavy (non-hydrogen) atoms. The fraction of sp³-hybridized carbons (Fsp3) is 0.556. The summed E-state index contributed by atoms with van der Waals surface area (Å²) in [6.07, 6.45) is 0. The fourth-order valence-corrected chi connectivity index (χ4v) is 1.12. The molecule has 0 radical (unpaired) electrons. The van der Waals surface area contributed by atoms with Gasteiger partial charge in [0.2, 0.25) is 5.91 Å². The largest absolute Gasteiger partial charge is 0.368 e. The van der Waals surface area contributed by atoms with E-state index in [2.05, 4.69) is 15.6 Å². The Hall–Kier alpha value is -1.76. The number of carbonyl (C=O) groups excluding carboxylic acids is 2. The second kappa shape index (κ2) is 6.67. The predicted octanol–water partition coefficient (Wildman–Crippen LogP) is -1.22. The van der Waals surface area contributed by atoms with Gasteiger partial charge in [0, 0.05) is 0 Å². The van der Waals surface area contributed by atoms with Crippen LogP contribution in [0.3, 0.4) is 0 Å². The number of hydrogen-bond donors (Lipinski definition) is 2. The topological polar surface area (TPSA) is 103 Å². The van der Waals surface area contributed by atoms with Crippen LogP contribution in [-0.2, 0) is 16.1 Å². The summed E-state index contributed by atoms with van der Waals surface area (Å²) in [5, 5.41) is 10.6. The lowest BCUT2D eigenvalue weighted by Gasteiger charge is -2.12. The number of carbonyl (C=O) groups is 2. The summed E-state index contributed by atoms with van der Waals surface area (Å²) in [6, 6.07) is -0.408. The Morgan fingerprint density at radius 2 is 2.12 bits per heavy atom. The molecule has 1 aromatic rings. The van der Waals surface area contributed by atoms with E-state index in [1.165, 1.54) is 0 Å². The number of nitrogens with one attached hydrogen (secondary N) is 1. The molecule has 90 valence electrons. The molecule has 1 aromatic heterocycles. The van der Waals surface area contributed by atoms with Crippen molar-refractivity contribution in [3.8, 4) is 0 Å². The van der Waals surface area contributed by atoms with E-state index in [-0.39, 0.29) is 5.91 Å². The summed E-state index contributed by atoms with van der Waals surface area (Å²) in [6.45, 7) is 6.19. The summed E-state index contributed by atoms with van der Waals surface area (Å²) in [7, 11) is 1.69. The Labute approximate surface area is 94.0 Å². The molecule has 3 N–H and O–H groups in total. The molecule has 1 amide bonds.